The lowest BCUT2D eigenvalue weighted by Crippen LogP contribution is -2.46. The molecule has 29 heteroatoms. The molecule has 25 nitrogen and oxygen atoms in total. The predicted molar refractivity (Wildman–Crippen MR) is 186 cm³/mol. The Balaban J connectivity index is 1.50. The Bertz CT molecular complexity index is 1780. The first-order valence-corrected chi connectivity index (χ1v) is 21.4. The van der Waals surface area contributed by atoms with Gasteiger partial charge in [0.25, 0.3) is 0 Å². The maximum atomic E-state index is 12.6. The van der Waals surface area contributed by atoms with Crippen LogP contribution < -0.4 is 22.1 Å². The molecule has 306 valence electrons. The molecule has 0 saturated carbocycles. The number of aliphatic hydroxyl groups excluding tert-OH is 2. The predicted octanol–water partition coefficient (Wildman–Crippen LogP) is -1.95. The molecule has 0 spiro atoms. The van der Waals surface area contributed by atoms with Gasteiger partial charge in [-0.2, -0.15) is 16.1 Å². The van der Waals surface area contributed by atoms with E-state index in [0.29, 0.717) is 5.75 Å². The number of fused-ring (bicyclic) bond motifs is 1. The second-order valence-electron chi connectivity index (χ2n) is 12.4. The lowest BCUT2D eigenvalue weighted by atomic mass is 9.87. The fourth-order valence-electron chi connectivity index (χ4n) is 4.51. The second-order valence-corrected chi connectivity index (χ2v) is 17.7. The van der Waals surface area contributed by atoms with Crippen LogP contribution in [0.3, 0.4) is 0 Å². The lowest BCUT2D eigenvalue weighted by molar-refractivity contribution is -0.137. The van der Waals surface area contributed by atoms with Gasteiger partial charge in [-0.3, -0.25) is 32.5 Å². The van der Waals surface area contributed by atoms with E-state index in [1.54, 1.807) is 6.92 Å². The zero-order valence-corrected chi connectivity index (χ0v) is 32.4. The molecule has 8 atom stereocenters. The van der Waals surface area contributed by atoms with Crippen LogP contribution in [-0.4, -0.2) is 135 Å². The van der Waals surface area contributed by atoms with E-state index in [9.17, 15) is 57.9 Å². The summed E-state index contributed by atoms with van der Waals surface area (Å²) in [6.07, 6.45) is -6.90. The maximum Gasteiger partial charge on any atom is 0.481 e. The average molecular weight is 853 g/mol. The summed E-state index contributed by atoms with van der Waals surface area (Å²) < 4.78 is 62.0. The van der Waals surface area contributed by atoms with Crippen LogP contribution in [0.25, 0.3) is 11.2 Å². The fraction of sp³-hybridized carbons (Fsp3) is 0.680. The van der Waals surface area contributed by atoms with Gasteiger partial charge in [0, 0.05) is 30.7 Å². The molecular formula is C25H43N8O17P3S. The number of ether oxygens (including phenoxy) is 1. The Morgan fingerprint density at radius 2 is 1.74 bits per heavy atom. The number of nitrogens with two attached hydrogens (primary N) is 2. The van der Waals surface area contributed by atoms with E-state index in [1.807, 2.05) is 0 Å². The number of imidazole rings is 1. The molecule has 1 aliphatic heterocycles. The van der Waals surface area contributed by atoms with E-state index in [1.165, 1.54) is 25.6 Å². The van der Waals surface area contributed by atoms with Crippen LogP contribution in [0, 0.1) is 5.41 Å². The molecule has 0 bridgehead atoms. The Morgan fingerprint density at radius 1 is 1.07 bits per heavy atom. The highest BCUT2D eigenvalue weighted by Crippen LogP contribution is 2.61. The molecule has 3 heterocycles. The zero-order valence-electron chi connectivity index (χ0n) is 28.9. The number of nitrogens with one attached hydrogen (secondary N) is 2. The minimum Gasteiger partial charge on any atom is -0.386 e. The van der Waals surface area contributed by atoms with Crippen molar-refractivity contribution in [3.63, 3.8) is 0 Å². The molecule has 1 saturated heterocycles. The standard InChI is InChI=1S/C25H43N8O17P3S/c1-13(26)14(34)9-54-7-6-28-16(35)4-5-29-23(38)20(37)25(2,3)10-47-53(44,45)50-52(42,43)46-8-15-19(49-51(39,40)41)18(36)24(48-15)33-12-32-17-21(27)30-11-31-22(17)33/h11-13,15,18-20,24,36-37H,4-10,26H2,1-3H3,(H,28,35)(H,29,38)(H,42,43)(H,44,45)(H2,27,30,31)(H2,39,40,41)/t13?,15-,18-,19-,20+,24-/m1/s1. The van der Waals surface area contributed by atoms with Crippen LogP contribution in [0.1, 0.15) is 33.4 Å². The fourth-order valence-corrected chi connectivity index (χ4v) is 8.19. The minimum absolute atomic E-state index is 0.0293. The summed E-state index contributed by atoms with van der Waals surface area (Å²) in [5, 5.41) is 26.3. The summed E-state index contributed by atoms with van der Waals surface area (Å²) in [7, 11) is -16.4. The molecule has 3 unspecified atom stereocenters. The SMILES string of the molecule is CC(N)C(=O)CSCCNC(=O)CCNC(=O)[C@H](O)C(C)(C)COP(=O)(O)OP(=O)(O)OC[C@H]1O[C@@H](n2cnc3c(N)ncnc32)[C@H](O)[C@@H]1OP(=O)(O)O. The molecule has 1 fully saturated rings. The van der Waals surface area contributed by atoms with E-state index in [4.69, 9.17) is 25.3 Å². The Morgan fingerprint density at radius 3 is 2.39 bits per heavy atom. The number of nitrogen functional groups attached to an aromatic ring is 1. The second kappa shape index (κ2) is 19.1. The molecule has 0 aliphatic carbocycles. The van der Waals surface area contributed by atoms with Crippen molar-refractivity contribution >= 4 is 69.8 Å². The Labute approximate surface area is 311 Å². The van der Waals surface area contributed by atoms with Crippen molar-refractivity contribution in [2.45, 2.75) is 63.9 Å². The molecule has 54 heavy (non-hydrogen) atoms. The molecule has 2 amide bonds. The Kier molecular flexibility index (Phi) is 16.2. The number of phosphoric ester groups is 3. The van der Waals surface area contributed by atoms with Crippen LogP contribution in [0.4, 0.5) is 5.82 Å². The van der Waals surface area contributed by atoms with E-state index in [-0.39, 0.29) is 48.0 Å². The molecule has 2 aromatic rings. The number of phosphoric acid groups is 3. The van der Waals surface area contributed by atoms with E-state index in [0.717, 1.165) is 17.2 Å². The average Bonchev–Trinajstić information content (AvgIpc) is 3.62. The number of carbonyl (C=O) groups excluding carboxylic acids is 3. The number of anilines is 1. The van der Waals surface area contributed by atoms with Gasteiger partial charge in [0.2, 0.25) is 11.8 Å². The number of hydrogen-bond acceptors (Lipinski definition) is 19. The number of thioether (sulfide) groups is 1. The maximum absolute atomic E-state index is 12.6. The minimum atomic E-state index is -5.57. The van der Waals surface area contributed by atoms with Gasteiger partial charge in [-0.1, -0.05) is 13.8 Å². The van der Waals surface area contributed by atoms with E-state index in [2.05, 4.69) is 34.4 Å². The summed E-state index contributed by atoms with van der Waals surface area (Å²) in [6, 6.07) is -0.578. The van der Waals surface area contributed by atoms with Gasteiger partial charge in [-0.15, -0.1) is 0 Å². The summed E-state index contributed by atoms with van der Waals surface area (Å²) in [5.74, 6) is -0.917. The molecule has 1 aliphatic rings. The van der Waals surface area contributed by atoms with Crippen LogP contribution in [-0.2, 0) is 50.7 Å². The molecule has 0 aromatic carbocycles. The van der Waals surface area contributed by atoms with Crippen LogP contribution in [0.15, 0.2) is 12.7 Å². The van der Waals surface area contributed by atoms with Gasteiger partial charge in [-0.25, -0.2) is 28.6 Å². The molecule has 2 aromatic heterocycles. The number of nitrogens with zero attached hydrogens (tertiary/aromatic N) is 4. The smallest absolute Gasteiger partial charge is 0.386 e. The normalized spacial score (nSPS) is 22.6. The lowest BCUT2D eigenvalue weighted by Gasteiger charge is -2.30. The first-order chi connectivity index (χ1) is 24.9. The topological polar surface area (TPSA) is 390 Å². The van der Waals surface area contributed by atoms with Gasteiger partial charge in [0.1, 0.15) is 36.3 Å². The van der Waals surface area contributed by atoms with Gasteiger partial charge < -0.3 is 56.6 Å². The summed E-state index contributed by atoms with van der Waals surface area (Å²) in [4.78, 5) is 86.9. The summed E-state index contributed by atoms with van der Waals surface area (Å²) in [5.41, 5.74) is 9.73. The third-order valence-electron chi connectivity index (χ3n) is 7.40. The van der Waals surface area contributed by atoms with Crippen molar-refractivity contribution in [3.8, 4) is 0 Å². The number of carbonyl (C=O) groups is 3. The van der Waals surface area contributed by atoms with Crippen molar-refractivity contribution in [2.75, 3.05) is 43.5 Å². The third-order valence-corrected chi connectivity index (χ3v) is 11.5. The third kappa shape index (κ3) is 13.6. The number of amides is 2. The number of hydrogen-bond donors (Lipinski definition) is 10. The highest BCUT2D eigenvalue weighted by atomic mass is 32.2. The number of Topliss-reactive ketones (excluding diaryl/α,β-unsaturated/α-hetero) is 1. The number of aliphatic hydroxyl groups is 2. The first kappa shape index (κ1) is 45.9. The molecule has 3 rings (SSSR count). The van der Waals surface area contributed by atoms with Crippen molar-refractivity contribution in [2.24, 2.45) is 11.1 Å². The Hall–Kier alpha value is -2.48. The largest absolute Gasteiger partial charge is 0.481 e. The van der Waals surface area contributed by atoms with Crippen molar-refractivity contribution in [3.05, 3.63) is 12.7 Å². The van der Waals surface area contributed by atoms with Crippen molar-refractivity contribution in [1.82, 2.24) is 30.2 Å². The number of ketones is 1. The van der Waals surface area contributed by atoms with Crippen molar-refractivity contribution in [1.29, 1.82) is 0 Å². The van der Waals surface area contributed by atoms with Crippen molar-refractivity contribution < 1.29 is 80.5 Å². The van der Waals surface area contributed by atoms with Crippen LogP contribution in [0.2, 0.25) is 0 Å². The summed E-state index contributed by atoms with van der Waals surface area (Å²) in [6.45, 7) is 2.12. The molecule has 0 radical (unpaired) electrons. The highest BCUT2D eigenvalue weighted by Gasteiger charge is 2.50. The van der Waals surface area contributed by atoms with Gasteiger partial charge in [-0.05, 0) is 6.92 Å². The van der Waals surface area contributed by atoms with E-state index < -0.39 is 90.6 Å². The summed E-state index contributed by atoms with van der Waals surface area (Å²) >= 11 is 1.29. The molecular weight excluding hydrogens is 809 g/mol. The van der Waals surface area contributed by atoms with Gasteiger partial charge >= 0.3 is 23.5 Å². The van der Waals surface area contributed by atoms with Gasteiger partial charge in [0.05, 0.1) is 31.3 Å². The van der Waals surface area contributed by atoms with E-state index >= 15 is 0 Å². The quantitative estimate of drug-likeness (QED) is 0.0455. The van der Waals surface area contributed by atoms with Crippen LogP contribution >= 0.6 is 35.2 Å². The zero-order chi connectivity index (χ0) is 40.6. The first-order valence-electron chi connectivity index (χ1n) is 15.7. The highest BCUT2D eigenvalue weighted by molar-refractivity contribution is 7.99. The van der Waals surface area contributed by atoms with Gasteiger partial charge in [0.15, 0.2) is 23.5 Å². The molecule has 12 N–H and O–H groups in total. The number of aromatic nitrogens is 4. The number of rotatable bonds is 22. The monoisotopic (exact) mass is 852 g/mol. The van der Waals surface area contributed by atoms with Crippen LogP contribution in [0.5, 0.6) is 0 Å².